The third-order valence-electron chi connectivity index (χ3n) is 3.58. The molecule has 1 aliphatic rings. The SMILES string of the molecule is CCOC(=O)C(C)(CCN1CCCOCC1)NC(C)C. The molecule has 118 valence electrons. The number of esters is 1. The summed E-state index contributed by atoms with van der Waals surface area (Å²) in [7, 11) is 0. The van der Waals surface area contributed by atoms with E-state index in [1.807, 2.05) is 13.8 Å². The van der Waals surface area contributed by atoms with Gasteiger partial charge in [-0.1, -0.05) is 0 Å². The van der Waals surface area contributed by atoms with Gasteiger partial charge >= 0.3 is 5.97 Å². The van der Waals surface area contributed by atoms with E-state index in [1.165, 1.54) is 0 Å². The Balaban J connectivity index is 2.56. The van der Waals surface area contributed by atoms with E-state index in [1.54, 1.807) is 0 Å². The van der Waals surface area contributed by atoms with Crippen molar-refractivity contribution in [1.29, 1.82) is 0 Å². The Bertz CT molecular complexity index is 289. The first-order valence-electron chi connectivity index (χ1n) is 7.73. The van der Waals surface area contributed by atoms with E-state index in [4.69, 9.17) is 9.47 Å². The van der Waals surface area contributed by atoms with Gasteiger partial charge in [-0.05, 0) is 40.5 Å². The molecular weight excluding hydrogens is 256 g/mol. The van der Waals surface area contributed by atoms with Gasteiger partial charge in [-0.25, -0.2) is 0 Å². The average Bonchev–Trinajstić information content (AvgIpc) is 2.64. The summed E-state index contributed by atoms with van der Waals surface area (Å²) in [6, 6.07) is 0.247. The van der Waals surface area contributed by atoms with Crippen LogP contribution in [0.2, 0.25) is 0 Å². The van der Waals surface area contributed by atoms with E-state index in [2.05, 4.69) is 24.1 Å². The van der Waals surface area contributed by atoms with Crippen molar-refractivity contribution in [1.82, 2.24) is 10.2 Å². The van der Waals surface area contributed by atoms with Gasteiger partial charge in [0.1, 0.15) is 5.54 Å². The Kier molecular flexibility index (Phi) is 7.48. The Morgan fingerprint density at radius 2 is 2.15 bits per heavy atom. The van der Waals surface area contributed by atoms with E-state index in [0.717, 1.165) is 45.7 Å². The highest BCUT2D eigenvalue weighted by Crippen LogP contribution is 2.15. The summed E-state index contributed by atoms with van der Waals surface area (Å²) in [5.41, 5.74) is -0.614. The van der Waals surface area contributed by atoms with Gasteiger partial charge in [-0.2, -0.15) is 0 Å². The molecular formula is C15H30N2O3. The van der Waals surface area contributed by atoms with Crippen molar-refractivity contribution in [3.8, 4) is 0 Å². The quantitative estimate of drug-likeness (QED) is 0.717. The summed E-state index contributed by atoms with van der Waals surface area (Å²) in [5.74, 6) is -0.153. The molecule has 0 aromatic rings. The first-order chi connectivity index (χ1) is 9.48. The van der Waals surface area contributed by atoms with Crippen LogP contribution in [0, 0.1) is 0 Å². The van der Waals surface area contributed by atoms with Crippen molar-refractivity contribution < 1.29 is 14.3 Å². The van der Waals surface area contributed by atoms with Gasteiger partial charge < -0.3 is 14.4 Å². The highest BCUT2D eigenvalue weighted by Gasteiger charge is 2.35. The summed E-state index contributed by atoms with van der Waals surface area (Å²) in [4.78, 5) is 14.6. The van der Waals surface area contributed by atoms with Gasteiger partial charge in [-0.3, -0.25) is 10.1 Å². The maximum absolute atomic E-state index is 12.2. The third kappa shape index (κ3) is 5.77. The van der Waals surface area contributed by atoms with E-state index in [-0.39, 0.29) is 12.0 Å². The van der Waals surface area contributed by atoms with Gasteiger partial charge in [-0.15, -0.1) is 0 Å². The van der Waals surface area contributed by atoms with Crippen LogP contribution < -0.4 is 5.32 Å². The zero-order chi connectivity index (χ0) is 15.0. The highest BCUT2D eigenvalue weighted by molar-refractivity contribution is 5.80. The fourth-order valence-corrected chi connectivity index (χ4v) is 2.56. The van der Waals surface area contributed by atoms with Gasteiger partial charge in [0.2, 0.25) is 0 Å². The largest absolute Gasteiger partial charge is 0.465 e. The van der Waals surface area contributed by atoms with Crippen molar-refractivity contribution in [2.24, 2.45) is 0 Å². The zero-order valence-corrected chi connectivity index (χ0v) is 13.4. The summed E-state index contributed by atoms with van der Waals surface area (Å²) in [5, 5.41) is 3.36. The molecule has 1 atom stereocenters. The topological polar surface area (TPSA) is 50.8 Å². The lowest BCUT2D eigenvalue weighted by Crippen LogP contribution is -2.54. The number of hydrogen-bond acceptors (Lipinski definition) is 5. The van der Waals surface area contributed by atoms with Crippen molar-refractivity contribution in [2.45, 2.75) is 52.1 Å². The highest BCUT2D eigenvalue weighted by atomic mass is 16.5. The average molecular weight is 286 g/mol. The molecule has 1 unspecified atom stereocenters. The Morgan fingerprint density at radius 3 is 2.80 bits per heavy atom. The summed E-state index contributed by atoms with van der Waals surface area (Å²) in [6.07, 6.45) is 1.82. The second-order valence-electron chi connectivity index (χ2n) is 5.91. The molecule has 0 aromatic carbocycles. The van der Waals surface area contributed by atoms with Gasteiger partial charge in [0.25, 0.3) is 0 Å². The Hall–Kier alpha value is -0.650. The van der Waals surface area contributed by atoms with Gasteiger partial charge in [0.15, 0.2) is 0 Å². The van der Waals surface area contributed by atoms with Crippen LogP contribution in [0.3, 0.4) is 0 Å². The fourth-order valence-electron chi connectivity index (χ4n) is 2.56. The molecule has 1 saturated heterocycles. The minimum Gasteiger partial charge on any atom is -0.465 e. The van der Waals surface area contributed by atoms with Crippen LogP contribution in [0.25, 0.3) is 0 Å². The standard InChI is InChI=1S/C15H30N2O3/c1-5-20-14(18)15(4,16-13(2)3)7-9-17-8-6-11-19-12-10-17/h13,16H,5-12H2,1-4H3. The minimum atomic E-state index is -0.614. The lowest BCUT2D eigenvalue weighted by molar-refractivity contribution is -0.151. The second-order valence-corrected chi connectivity index (χ2v) is 5.91. The molecule has 0 saturated carbocycles. The first-order valence-corrected chi connectivity index (χ1v) is 7.73. The molecule has 0 spiro atoms. The minimum absolute atomic E-state index is 0.153. The zero-order valence-electron chi connectivity index (χ0n) is 13.4. The molecule has 1 N–H and O–H groups in total. The summed E-state index contributed by atoms with van der Waals surface area (Å²) < 4.78 is 10.7. The van der Waals surface area contributed by atoms with Crippen LogP contribution in [0.4, 0.5) is 0 Å². The van der Waals surface area contributed by atoms with Gasteiger partial charge in [0.05, 0.1) is 13.2 Å². The number of nitrogens with zero attached hydrogens (tertiary/aromatic N) is 1. The Labute approximate surface area is 123 Å². The van der Waals surface area contributed by atoms with Crippen molar-refractivity contribution in [2.75, 3.05) is 39.5 Å². The monoisotopic (exact) mass is 286 g/mol. The molecule has 1 heterocycles. The lowest BCUT2D eigenvalue weighted by atomic mass is 9.96. The van der Waals surface area contributed by atoms with E-state index >= 15 is 0 Å². The smallest absolute Gasteiger partial charge is 0.326 e. The van der Waals surface area contributed by atoms with Crippen LogP contribution in [-0.4, -0.2) is 61.9 Å². The molecule has 1 fully saturated rings. The van der Waals surface area contributed by atoms with E-state index < -0.39 is 5.54 Å². The molecule has 5 heteroatoms. The molecule has 5 nitrogen and oxygen atoms in total. The molecule has 0 aliphatic carbocycles. The molecule has 0 amide bonds. The van der Waals surface area contributed by atoms with Crippen LogP contribution in [0.5, 0.6) is 0 Å². The molecule has 1 aliphatic heterocycles. The first kappa shape index (κ1) is 17.4. The Morgan fingerprint density at radius 1 is 1.40 bits per heavy atom. The number of hydrogen-bond donors (Lipinski definition) is 1. The predicted octanol–water partition coefficient (Wildman–Crippen LogP) is 1.42. The lowest BCUT2D eigenvalue weighted by Gasteiger charge is -2.32. The molecule has 0 bridgehead atoms. The van der Waals surface area contributed by atoms with Gasteiger partial charge in [0, 0.05) is 32.3 Å². The second kappa shape index (κ2) is 8.60. The third-order valence-corrected chi connectivity index (χ3v) is 3.58. The van der Waals surface area contributed by atoms with Crippen molar-refractivity contribution in [3.05, 3.63) is 0 Å². The maximum Gasteiger partial charge on any atom is 0.326 e. The number of carbonyl (C=O) groups excluding carboxylic acids is 1. The molecule has 1 rings (SSSR count). The number of ether oxygens (including phenoxy) is 2. The predicted molar refractivity (Wildman–Crippen MR) is 79.8 cm³/mol. The van der Waals surface area contributed by atoms with E-state index in [9.17, 15) is 4.79 Å². The van der Waals surface area contributed by atoms with Crippen LogP contribution in [-0.2, 0) is 14.3 Å². The number of nitrogens with one attached hydrogen (secondary N) is 1. The van der Waals surface area contributed by atoms with Crippen LogP contribution in [0.15, 0.2) is 0 Å². The summed E-state index contributed by atoms with van der Waals surface area (Å²) in [6.45, 7) is 12.8. The normalized spacial score (nSPS) is 20.4. The molecule has 0 aromatic heterocycles. The number of rotatable bonds is 7. The van der Waals surface area contributed by atoms with Crippen molar-refractivity contribution >= 4 is 5.97 Å². The molecule has 20 heavy (non-hydrogen) atoms. The van der Waals surface area contributed by atoms with Crippen LogP contribution >= 0.6 is 0 Å². The van der Waals surface area contributed by atoms with E-state index in [0.29, 0.717) is 6.61 Å². The fraction of sp³-hybridized carbons (Fsp3) is 0.933. The van der Waals surface area contributed by atoms with Crippen LogP contribution in [0.1, 0.15) is 40.5 Å². The summed E-state index contributed by atoms with van der Waals surface area (Å²) >= 11 is 0. The number of carbonyl (C=O) groups is 1. The van der Waals surface area contributed by atoms with Crippen molar-refractivity contribution in [3.63, 3.8) is 0 Å². The maximum atomic E-state index is 12.2. The molecule has 0 radical (unpaired) electrons.